The van der Waals surface area contributed by atoms with Gasteiger partial charge in [-0.25, -0.2) is 9.18 Å². The number of aromatic carboxylic acids is 1. The van der Waals surface area contributed by atoms with Crippen molar-refractivity contribution in [1.82, 2.24) is 0 Å². The number of anilines is 1. The van der Waals surface area contributed by atoms with E-state index in [0.717, 1.165) is 10.9 Å². The summed E-state index contributed by atoms with van der Waals surface area (Å²) in [5.41, 5.74) is -1.13. The first-order valence-electron chi connectivity index (χ1n) is 5.46. The number of halogens is 1. The predicted molar refractivity (Wildman–Crippen MR) is 71.7 cm³/mol. The molecule has 1 aromatic heterocycles. The summed E-state index contributed by atoms with van der Waals surface area (Å²) in [6, 6.07) is 5.19. The summed E-state index contributed by atoms with van der Waals surface area (Å²) in [6.07, 6.45) is 0. The van der Waals surface area contributed by atoms with Crippen LogP contribution >= 0.6 is 11.3 Å². The molecule has 0 aliphatic rings. The molecule has 0 aliphatic carbocycles. The normalized spacial score (nSPS) is 10.2. The zero-order chi connectivity index (χ0) is 14.7. The van der Waals surface area contributed by atoms with Crippen molar-refractivity contribution in [3.05, 3.63) is 56.0 Å². The molecule has 0 fully saturated rings. The van der Waals surface area contributed by atoms with Gasteiger partial charge in [0.1, 0.15) is 11.5 Å². The molecule has 0 saturated heterocycles. The van der Waals surface area contributed by atoms with Gasteiger partial charge in [-0.3, -0.25) is 10.1 Å². The lowest BCUT2D eigenvalue weighted by molar-refractivity contribution is -0.384. The molecule has 1 heterocycles. The molecule has 0 amide bonds. The number of carboxylic acid groups (broad SMARTS) is 1. The van der Waals surface area contributed by atoms with Crippen LogP contribution in [0.5, 0.6) is 0 Å². The van der Waals surface area contributed by atoms with Crippen molar-refractivity contribution in [2.75, 3.05) is 5.32 Å². The Balaban J connectivity index is 2.35. The molecule has 0 spiro atoms. The number of carbonyl (C=O) groups is 1. The largest absolute Gasteiger partial charge is 0.478 e. The second-order valence-corrected chi connectivity index (χ2v) is 4.88. The molecule has 6 nitrogen and oxygen atoms in total. The van der Waals surface area contributed by atoms with Crippen molar-refractivity contribution < 1.29 is 19.2 Å². The maximum Gasteiger partial charge on any atom is 0.338 e. The Morgan fingerprint density at radius 2 is 2.25 bits per heavy atom. The highest BCUT2D eigenvalue weighted by atomic mass is 32.1. The Bertz CT molecular complexity index is 658. The maximum absolute atomic E-state index is 13.4. The van der Waals surface area contributed by atoms with E-state index in [-0.39, 0.29) is 5.69 Å². The van der Waals surface area contributed by atoms with E-state index in [2.05, 4.69) is 5.32 Å². The van der Waals surface area contributed by atoms with E-state index in [9.17, 15) is 19.3 Å². The van der Waals surface area contributed by atoms with Crippen LogP contribution in [-0.2, 0) is 6.54 Å². The molecule has 2 aromatic rings. The topological polar surface area (TPSA) is 92.5 Å². The number of hydrogen-bond donors (Lipinski definition) is 2. The Morgan fingerprint density at radius 1 is 1.50 bits per heavy atom. The molecule has 2 rings (SSSR count). The van der Waals surface area contributed by atoms with Gasteiger partial charge in [-0.15, -0.1) is 11.3 Å². The summed E-state index contributed by atoms with van der Waals surface area (Å²) in [5.74, 6) is -2.61. The molecule has 8 heteroatoms. The van der Waals surface area contributed by atoms with Gasteiger partial charge >= 0.3 is 5.97 Å². The van der Waals surface area contributed by atoms with Crippen molar-refractivity contribution in [3.63, 3.8) is 0 Å². The number of carboxylic acids is 1. The SMILES string of the molecule is O=C(O)c1cc(NCc2cccs2)c([N+](=O)[O-])cc1F. The Kier molecular flexibility index (Phi) is 3.94. The van der Waals surface area contributed by atoms with Crippen molar-refractivity contribution in [2.45, 2.75) is 6.54 Å². The van der Waals surface area contributed by atoms with Crippen LogP contribution in [0.15, 0.2) is 29.6 Å². The maximum atomic E-state index is 13.4. The first-order valence-corrected chi connectivity index (χ1v) is 6.34. The van der Waals surface area contributed by atoms with Gasteiger partial charge in [0.2, 0.25) is 0 Å². The van der Waals surface area contributed by atoms with Crippen LogP contribution in [0.4, 0.5) is 15.8 Å². The molecule has 0 aliphatic heterocycles. The smallest absolute Gasteiger partial charge is 0.338 e. The molecule has 20 heavy (non-hydrogen) atoms. The molecule has 1 aromatic carbocycles. The molecular formula is C12H9FN2O4S. The zero-order valence-corrected chi connectivity index (χ0v) is 10.8. The lowest BCUT2D eigenvalue weighted by Crippen LogP contribution is -2.07. The highest BCUT2D eigenvalue weighted by Crippen LogP contribution is 2.28. The third-order valence-electron chi connectivity index (χ3n) is 2.55. The van der Waals surface area contributed by atoms with Crippen molar-refractivity contribution in [2.24, 2.45) is 0 Å². The van der Waals surface area contributed by atoms with Crippen molar-refractivity contribution >= 4 is 28.7 Å². The molecule has 0 unspecified atom stereocenters. The van der Waals surface area contributed by atoms with E-state index in [4.69, 9.17) is 5.11 Å². The van der Waals surface area contributed by atoms with Gasteiger partial charge in [0.05, 0.1) is 16.6 Å². The summed E-state index contributed by atoms with van der Waals surface area (Å²) in [6.45, 7) is 0.295. The summed E-state index contributed by atoms with van der Waals surface area (Å²) >= 11 is 1.45. The standard InChI is InChI=1S/C12H9FN2O4S/c13-9-5-11(15(18)19)10(4-8(9)12(16)17)14-6-7-2-1-3-20-7/h1-5,14H,6H2,(H,16,17). The van der Waals surface area contributed by atoms with Crippen LogP contribution < -0.4 is 5.32 Å². The molecular weight excluding hydrogens is 287 g/mol. The zero-order valence-electron chi connectivity index (χ0n) is 10.00. The highest BCUT2D eigenvalue weighted by molar-refractivity contribution is 7.09. The highest BCUT2D eigenvalue weighted by Gasteiger charge is 2.21. The number of nitro groups is 1. The number of benzene rings is 1. The van der Waals surface area contributed by atoms with Gasteiger partial charge in [-0.1, -0.05) is 6.07 Å². The molecule has 104 valence electrons. The van der Waals surface area contributed by atoms with Crippen LogP contribution in [-0.4, -0.2) is 16.0 Å². The fourth-order valence-corrected chi connectivity index (χ4v) is 2.26. The molecule has 0 radical (unpaired) electrons. The van der Waals surface area contributed by atoms with Crippen molar-refractivity contribution in [1.29, 1.82) is 0 Å². The fourth-order valence-electron chi connectivity index (χ4n) is 1.61. The summed E-state index contributed by atoms with van der Waals surface area (Å²) < 4.78 is 13.4. The van der Waals surface area contributed by atoms with Gasteiger partial charge in [0.25, 0.3) is 5.69 Å². The second-order valence-electron chi connectivity index (χ2n) is 3.84. The molecule has 0 saturated carbocycles. The Labute approximate surface area is 116 Å². The van der Waals surface area contributed by atoms with Crippen LogP contribution in [0.3, 0.4) is 0 Å². The molecule has 2 N–H and O–H groups in total. The number of nitro benzene ring substituents is 1. The summed E-state index contributed by atoms with van der Waals surface area (Å²) in [4.78, 5) is 21.9. The van der Waals surface area contributed by atoms with E-state index in [1.54, 1.807) is 0 Å². The average molecular weight is 296 g/mol. The van der Waals surface area contributed by atoms with Gasteiger partial charge in [-0.2, -0.15) is 0 Å². The molecule has 0 bridgehead atoms. The molecule has 0 atom stereocenters. The minimum Gasteiger partial charge on any atom is -0.478 e. The number of hydrogen-bond acceptors (Lipinski definition) is 5. The van der Waals surface area contributed by atoms with Crippen LogP contribution in [0.2, 0.25) is 0 Å². The third kappa shape index (κ3) is 2.91. The lowest BCUT2D eigenvalue weighted by Gasteiger charge is -2.07. The monoisotopic (exact) mass is 296 g/mol. The number of rotatable bonds is 5. The minimum absolute atomic E-state index is 0.0257. The second kappa shape index (κ2) is 5.66. The summed E-state index contributed by atoms with van der Waals surface area (Å²) in [5, 5.41) is 24.3. The Hall–Kier alpha value is -2.48. The first-order chi connectivity index (χ1) is 9.49. The van der Waals surface area contributed by atoms with Gasteiger partial charge in [0.15, 0.2) is 0 Å². The van der Waals surface area contributed by atoms with Crippen LogP contribution in [0, 0.1) is 15.9 Å². The van der Waals surface area contributed by atoms with Crippen LogP contribution in [0.25, 0.3) is 0 Å². The quantitative estimate of drug-likeness (QED) is 0.653. The lowest BCUT2D eigenvalue weighted by atomic mass is 10.1. The van der Waals surface area contributed by atoms with E-state index in [1.807, 2.05) is 17.5 Å². The Morgan fingerprint density at radius 3 is 2.80 bits per heavy atom. The van der Waals surface area contributed by atoms with E-state index < -0.39 is 28.0 Å². The number of nitrogens with zero attached hydrogens (tertiary/aromatic N) is 1. The summed E-state index contributed by atoms with van der Waals surface area (Å²) in [7, 11) is 0. The fraction of sp³-hybridized carbons (Fsp3) is 0.0833. The predicted octanol–water partition coefficient (Wildman–Crippen LogP) is 3.11. The first kappa shape index (κ1) is 13.9. The number of thiophene rings is 1. The van der Waals surface area contributed by atoms with Gasteiger partial charge in [-0.05, 0) is 17.5 Å². The minimum atomic E-state index is -1.48. The van der Waals surface area contributed by atoms with E-state index >= 15 is 0 Å². The number of nitrogens with one attached hydrogen (secondary N) is 1. The van der Waals surface area contributed by atoms with Crippen LogP contribution in [0.1, 0.15) is 15.2 Å². The van der Waals surface area contributed by atoms with E-state index in [0.29, 0.717) is 12.6 Å². The van der Waals surface area contributed by atoms with E-state index in [1.165, 1.54) is 11.3 Å². The van der Waals surface area contributed by atoms with Crippen molar-refractivity contribution in [3.8, 4) is 0 Å². The average Bonchev–Trinajstić information content (AvgIpc) is 2.89. The third-order valence-corrected chi connectivity index (χ3v) is 3.42. The van der Waals surface area contributed by atoms with Gasteiger partial charge in [0, 0.05) is 11.4 Å². The van der Waals surface area contributed by atoms with Gasteiger partial charge < -0.3 is 10.4 Å².